The van der Waals surface area contributed by atoms with E-state index >= 15 is 0 Å². The van der Waals surface area contributed by atoms with Gasteiger partial charge in [0.2, 0.25) is 0 Å². The zero-order valence-corrected chi connectivity index (χ0v) is 18.8. The molecule has 8 heteroatoms. The molecule has 32 heavy (non-hydrogen) atoms. The number of esters is 1. The van der Waals surface area contributed by atoms with Gasteiger partial charge in [0.25, 0.3) is 0 Å². The standard InChI is InChI=1S/C24H32N2O6/c1-15-7-8-20(28)23(30)19(27)6-4-5-17-13-18(26-11-9-25(3)10-12-26)14-21(29)22(17)24(31)32-16(15)2/h4-5,7-8,13-16,19,23,27,29-30H,6,9-12H2,1-3H3/b5-4+,8-7-/t15-,16+,19+,23+/m1/s1. The van der Waals surface area contributed by atoms with E-state index in [-0.39, 0.29) is 23.7 Å². The van der Waals surface area contributed by atoms with Crippen molar-refractivity contribution in [2.45, 2.75) is 38.6 Å². The Hall–Kier alpha value is -2.68. The molecule has 0 spiro atoms. The van der Waals surface area contributed by atoms with E-state index in [2.05, 4.69) is 16.8 Å². The number of ketones is 1. The van der Waals surface area contributed by atoms with Crippen molar-refractivity contribution in [1.82, 2.24) is 4.90 Å². The minimum absolute atomic E-state index is 0.000684. The Morgan fingerprint density at radius 2 is 1.72 bits per heavy atom. The Morgan fingerprint density at radius 3 is 2.41 bits per heavy atom. The van der Waals surface area contributed by atoms with Crippen LogP contribution in [0.4, 0.5) is 5.69 Å². The molecule has 2 heterocycles. The number of anilines is 1. The fraction of sp³-hybridized carbons (Fsp3) is 0.500. The van der Waals surface area contributed by atoms with Crippen LogP contribution in [-0.2, 0) is 9.53 Å². The molecule has 4 atom stereocenters. The van der Waals surface area contributed by atoms with Crippen LogP contribution in [0.15, 0.2) is 30.4 Å². The average molecular weight is 445 g/mol. The van der Waals surface area contributed by atoms with Gasteiger partial charge in [0.15, 0.2) is 5.78 Å². The summed E-state index contributed by atoms with van der Waals surface area (Å²) < 4.78 is 5.57. The number of phenols is 1. The molecule has 0 aromatic heterocycles. The molecule has 1 aromatic carbocycles. The third kappa shape index (κ3) is 5.56. The van der Waals surface area contributed by atoms with Crippen LogP contribution in [0.5, 0.6) is 5.75 Å². The monoisotopic (exact) mass is 444 g/mol. The van der Waals surface area contributed by atoms with E-state index < -0.39 is 30.1 Å². The van der Waals surface area contributed by atoms with Crippen molar-refractivity contribution in [3.63, 3.8) is 0 Å². The summed E-state index contributed by atoms with van der Waals surface area (Å²) in [6.07, 6.45) is 2.50. The summed E-state index contributed by atoms with van der Waals surface area (Å²) in [5.74, 6) is -1.77. The van der Waals surface area contributed by atoms with E-state index in [4.69, 9.17) is 4.74 Å². The SMILES string of the molecule is C[C@@H]1/C=C\C(=O)[C@@H](O)[C@@H](O)C/C=C/c2cc(N3CCN(C)CC3)cc(O)c2C(=O)O[C@H]1C. The van der Waals surface area contributed by atoms with Crippen LogP contribution >= 0.6 is 0 Å². The van der Waals surface area contributed by atoms with Gasteiger partial charge in [-0.2, -0.15) is 0 Å². The van der Waals surface area contributed by atoms with Crippen molar-refractivity contribution in [2.75, 3.05) is 38.1 Å². The van der Waals surface area contributed by atoms with E-state index in [9.17, 15) is 24.9 Å². The van der Waals surface area contributed by atoms with Gasteiger partial charge < -0.3 is 29.9 Å². The molecule has 1 fully saturated rings. The molecule has 1 saturated heterocycles. The smallest absolute Gasteiger partial charge is 0.342 e. The summed E-state index contributed by atoms with van der Waals surface area (Å²) in [5, 5.41) is 31.1. The highest BCUT2D eigenvalue weighted by Crippen LogP contribution is 2.32. The Labute approximate surface area is 188 Å². The number of hydrogen-bond donors (Lipinski definition) is 3. The number of fused-ring (bicyclic) bond motifs is 1. The van der Waals surface area contributed by atoms with Crippen LogP contribution in [0.25, 0.3) is 6.08 Å². The van der Waals surface area contributed by atoms with Crippen molar-refractivity contribution in [3.05, 3.63) is 41.5 Å². The largest absolute Gasteiger partial charge is 0.507 e. The number of rotatable bonds is 1. The lowest BCUT2D eigenvalue weighted by molar-refractivity contribution is -0.127. The second-order valence-electron chi connectivity index (χ2n) is 8.60. The minimum Gasteiger partial charge on any atom is -0.507 e. The normalized spacial score (nSPS) is 30.2. The molecule has 0 aliphatic carbocycles. The van der Waals surface area contributed by atoms with E-state index in [0.29, 0.717) is 5.56 Å². The van der Waals surface area contributed by atoms with Gasteiger partial charge in [-0.1, -0.05) is 25.2 Å². The fourth-order valence-electron chi connectivity index (χ4n) is 3.72. The van der Waals surface area contributed by atoms with Crippen molar-refractivity contribution in [3.8, 4) is 5.75 Å². The van der Waals surface area contributed by atoms with E-state index in [1.807, 2.05) is 6.07 Å². The number of aromatic hydroxyl groups is 1. The number of likely N-dealkylation sites (N-methyl/N-ethyl adjacent to an activating group) is 1. The molecule has 0 radical (unpaired) electrons. The Kier molecular flexibility index (Phi) is 7.71. The van der Waals surface area contributed by atoms with Gasteiger partial charge in [-0.05, 0) is 38.1 Å². The van der Waals surface area contributed by atoms with Crippen molar-refractivity contribution >= 4 is 23.5 Å². The zero-order chi connectivity index (χ0) is 23.4. The third-order valence-corrected chi connectivity index (χ3v) is 6.13. The Balaban J connectivity index is 1.99. The van der Waals surface area contributed by atoms with Crippen LogP contribution in [-0.4, -0.2) is 83.5 Å². The molecule has 2 aliphatic rings. The summed E-state index contributed by atoms with van der Waals surface area (Å²) in [4.78, 5) is 29.4. The highest BCUT2D eigenvalue weighted by atomic mass is 16.5. The second kappa shape index (κ2) is 10.3. The van der Waals surface area contributed by atoms with Crippen LogP contribution < -0.4 is 4.90 Å². The third-order valence-electron chi connectivity index (χ3n) is 6.13. The van der Waals surface area contributed by atoms with Gasteiger partial charge >= 0.3 is 5.97 Å². The van der Waals surface area contributed by atoms with Crippen LogP contribution in [0.2, 0.25) is 0 Å². The second-order valence-corrected chi connectivity index (χ2v) is 8.60. The lowest BCUT2D eigenvalue weighted by Crippen LogP contribution is -2.44. The molecule has 1 aromatic rings. The van der Waals surface area contributed by atoms with Crippen LogP contribution in [0.3, 0.4) is 0 Å². The van der Waals surface area contributed by atoms with E-state index in [0.717, 1.165) is 31.9 Å². The highest BCUT2D eigenvalue weighted by molar-refractivity contribution is 5.98. The summed E-state index contributed by atoms with van der Waals surface area (Å²) in [5.41, 5.74) is 1.28. The Morgan fingerprint density at radius 1 is 1.03 bits per heavy atom. The number of carbonyl (C=O) groups excluding carboxylic acids is 2. The molecule has 3 N–H and O–H groups in total. The first kappa shape index (κ1) is 24.0. The van der Waals surface area contributed by atoms with Crippen LogP contribution in [0.1, 0.15) is 36.2 Å². The maximum absolute atomic E-state index is 12.9. The fourth-order valence-corrected chi connectivity index (χ4v) is 3.72. The molecule has 0 unspecified atom stereocenters. The zero-order valence-electron chi connectivity index (χ0n) is 18.8. The number of ether oxygens (including phenoxy) is 1. The minimum atomic E-state index is -1.55. The number of nitrogens with zero attached hydrogens (tertiary/aromatic N) is 2. The maximum atomic E-state index is 12.9. The van der Waals surface area contributed by atoms with Crippen molar-refractivity contribution in [2.24, 2.45) is 5.92 Å². The molecule has 0 bridgehead atoms. The van der Waals surface area contributed by atoms with Gasteiger partial charge in [0.1, 0.15) is 23.5 Å². The van der Waals surface area contributed by atoms with Gasteiger partial charge in [0, 0.05) is 43.9 Å². The average Bonchev–Trinajstić information content (AvgIpc) is 2.75. The molecule has 8 nitrogen and oxygen atoms in total. The van der Waals surface area contributed by atoms with Gasteiger partial charge in [-0.15, -0.1) is 0 Å². The number of aliphatic hydroxyl groups is 2. The van der Waals surface area contributed by atoms with Crippen molar-refractivity contribution < 1.29 is 29.6 Å². The number of hydrogen-bond acceptors (Lipinski definition) is 8. The summed E-state index contributed by atoms with van der Waals surface area (Å²) >= 11 is 0. The number of benzene rings is 1. The maximum Gasteiger partial charge on any atom is 0.342 e. The van der Waals surface area contributed by atoms with Gasteiger partial charge in [0.05, 0.1) is 6.10 Å². The first-order valence-corrected chi connectivity index (χ1v) is 10.9. The predicted molar refractivity (Wildman–Crippen MR) is 122 cm³/mol. The number of carbonyl (C=O) groups is 2. The summed E-state index contributed by atoms with van der Waals surface area (Å²) in [6.45, 7) is 6.81. The highest BCUT2D eigenvalue weighted by Gasteiger charge is 2.26. The topological polar surface area (TPSA) is 111 Å². The summed E-state index contributed by atoms with van der Waals surface area (Å²) in [6, 6.07) is 3.39. The lowest BCUT2D eigenvalue weighted by atomic mass is 9.99. The van der Waals surface area contributed by atoms with Gasteiger partial charge in [-0.25, -0.2) is 4.79 Å². The number of piperazine rings is 1. The molecule has 174 valence electrons. The van der Waals surface area contributed by atoms with E-state index in [1.165, 1.54) is 12.2 Å². The van der Waals surface area contributed by atoms with E-state index in [1.54, 1.807) is 32.1 Å². The molecule has 3 rings (SSSR count). The molecular formula is C24H32N2O6. The van der Waals surface area contributed by atoms with Crippen molar-refractivity contribution in [1.29, 1.82) is 0 Å². The lowest BCUT2D eigenvalue weighted by Gasteiger charge is -2.34. The van der Waals surface area contributed by atoms with Gasteiger partial charge in [-0.3, -0.25) is 4.79 Å². The first-order valence-electron chi connectivity index (χ1n) is 10.9. The molecule has 0 amide bonds. The number of phenolic OH excluding ortho intramolecular Hbond substituents is 1. The molecular weight excluding hydrogens is 412 g/mol. The Bertz CT molecular complexity index is 904. The quantitative estimate of drug-likeness (QED) is 0.560. The predicted octanol–water partition coefficient (Wildman–Crippen LogP) is 1.59. The molecule has 2 aliphatic heterocycles. The number of cyclic esters (lactones) is 1. The summed E-state index contributed by atoms with van der Waals surface area (Å²) in [7, 11) is 2.05. The molecule has 0 saturated carbocycles. The van der Waals surface area contributed by atoms with Crippen LogP contribution in [0, 0.1) is 5.92 Å². The number of aliphatic hydroxyl groups excluding tert-OH is 2. The first-order chi connectivity index (χ1) is 15.2.